The molecular weight excluding hydrogens is 294 g/mol. The van der Waals surface area contributed by atoms with E-state index in [1.54, 1.807) is 20.8 Å². The molecule has 0 radical (unpaired) electrons. The summed E-state index contributed by atoms with van der Waals surface area (Å²) < 4.78 is 5.08. The first-order chi connectivity index (χ1) is 10.6. The van der Waals surface area contributed by atoms with E-state index in [4.69, 9.17) is 4.74 Å². The molecule has 1 aliphatic rings. The largest absolute Gasteiger partial charge is 0.480 e. The number of amides is 1. The molecule has 0 heterocycles. The molecule has 5 nitrogen and oxygen atoms in total. The van der Waals surface area contributed by atoms with Crippen LogP contribution in [0.1, 0.15) is 48.0 Å². The maximum absolute atomic E-state index is 11.7. The minimum atomic E-state index is -1.10. The second-order valence-electron chi connectivity index (χ2n) is 6.18. The van der Waals surface area contributed by atoms with Crippen molar-refractivity contribution in [3.8, 4) is 0 Å². The zero-order valence-electron chi connectivity index (χ0n) is 15.0. The average Bonchev–Trinajstić information content (AvgIpc) is 2.42. The maximum atomic E-state index is 11.7. The van der Waals surface area contributed by atoms with Crippen LogP contribution in [-0.4, -0.2) is 28.8 Å². The minimum absolute atomic E-state index is 0.191. The van der Waals surface area contributed by atoms with E-state index in [1.165, 1.54) is 0 Å². The van der Waals surface area contributed by atoms with Gasteiger partial charge in [-0.05, 0) is 37.8 Å². The van der Waals surface area contributed by atoms with Crippen LogP contribution >= 0.6 is 0 Å². The van der Waals surface area contributed by atoms with Gasteiger partial charge in [0.15, 0.2) is 0 Å². The predicted octanol–water partition coefficient (Wildman–Crippen LogP) is 4.07. The Morgan fingerprint density at radius 2 is 1.96 bits per heavy atom. The van der Waals surface area contributed by atoms with Crippen LogP contribution < -0.4 is 5.32 Å². The summed E-state index contributed by atoms with van der Waals surface area (Å²) in [5, 5.41) is 11.6. The first kappa shape index (κ1) is 21.0. The Bertz CT molecular complexity index is 498. The molecule has 130 valence electrons. The molecule has 1 rings (SSSR count). The number of carbonyl (C=O) groups excluding carboxylic acids is 1. The maximum Gasteiger partial charge on any atom is 0.408 e. The third-order valence-corrected chi connectivity index (χ3v) is 2.98. The number of ether oxygens (including phenoxy) is 1. The SMILES string of the molecule is C=C1C=C(CC(NC(=O)OC(C)(C)C)C(=O)O)C=CC1C.CC. The van der Waals surface area contributed by atoms with Crippen molar-refractivity contribution in [2.24, 2.45) is 5.92 Å². The Morgan fingerprint density at radius 3 is 2.39 bits per heavy atom. The van der Waals surface area contributed by atoms with Gasteiger partial charge in [-0.25, -0.2) is 9.59 Å². The average molecular weight is 323 g/mol. The summed E-state index contributed by atoms with van der Waals surface area (Å²) in [4.78, 5) is 23.0. The van der Waals surface area contributed by atoms with Gasteiger partial charge in [-0.2, -0.15) is 0 Å². The fourth-order valence-electron chi connectivity index (χ4n) is 1.82. The van der Waals surface area contributed by atoms with Crippen LogP contribution in [0.5, 0.6) is 0 Å². The Labute approximate surface area is 139 Å². The summed E-state index contributed by atoms with van der Waals surface area (Å²) in [6.07, 6.45) is 5.15. The van der Waals surface area contributed by atoms with E-state index in [0.717, 1.165) is 11.1 Å². The Balaban J connectivity index is 0.00000232. The number of aliphatic carboxylic acids is 1. The third kappa shape index (κ3) is 8.24. The summed E-state index contributed by atoms with van der Waals surface area (Å²) in [7, 11) is 0. The quantitative estimate of drug-likeness (QED) is 0.817. The Kier molecular flexibility index (Phi) is 8.36. The van der Waals surface area contributed by atoms with E-state index in [2.05, 4.69) is 11.9 Å². The second-order valence-corrected chi connectivity index (χ2v) is 6.18. The zero-order chi connectivity index (χ0) is 18.2. The van der Waals surface area contributed by atoms with Crippen LogP contribution in [0.3, 0.4) is 0 Å². The van der Waals surface area contributed by atoms with Gasteiger partial charge < -0.3 is 15.2 Å². The van der Waals surface area contributed by atoms with E-state index in [9.17, 15) is 14.7 Å². The van der Waals surface area contributed by atoms with Gasteiger partial charge in [-0.15, -0.1) is 0 Å². The number of alkyl carbamates (subject to hydrolysis) is 1. The highest BCUT2D eigenvalue weighted by molar-refractivity contribution is 5.80. The summed E-state index contributed by atoms with van der Waals surface area (Å²) in [5.74, 6) is -0.852. The second kappa shape index (κ2) is 9.18. The first-order valence-electron chi connectivity index (χ1n) is 7.88. The summed E-state index contributed by atoms with van der Waals surface area (Å²) in [6.45, 7) is 15.1. The molecule has 0 aromatic carbocycles. The molecule has 0 spiro atoms. The van der Waals surface area contributed by atoms with Gasteiger partial charge in [0.1, 0.15) is 11.6 Å². The molecule has 0 bridgehead atoms. The van der Waals surface area contributed by atoms with Crippen LogP contribution in [0.15, 0.2) is 36.0 Å². The fourth-order valence-corrected chi connectivity index (χ4v) is 1.82. The molecule has 23 heavy (non-hydrogen) atoms. The van der Waals surface area contributed by atoms with Gasteiger partial charge in [0.2, 0.25) is 0 Å². The minimum Gasteiger partial charge on any atom is -0.480 e. The standard InChI is InChI=1S/C16H23NO4.C2H6/c1-10-6-7-12(8-11(10)2)9-13(14(18)19)17-15(20)21-16(3,4)5;1-2/h6-8,10,13H,2,9H2,1,3-5H3,(H,17,20)(H,18,19);1-2H3. The molecule has 2 atom stereocenters. The smallest absolute Gasteiger partial charge is 0.408 e. The van der Waals surface area contributed by atoms with Crippen LogP contribution in [0, 0.1) is 5.92 Å². The van der Waals surface area contributed by atoms with E-state index in [1.807, 2.05) is 39.0 Å². The summed E-state index contributed by atoms with van der Waals surface area (Å²) >= 11 is 0. The number of hydrogen-bond donors (Lipinski definition) is 2. The molecule has 1 aliphatic carbocycles. The highest BCUT2D eigenvalue weighted by atomic mass is 16.6. The van der Waals surface area contributed by atoms with Crippen molar-refractivity contribution in [2.75, 3.05) is 0 Å². The molecule has 2 unspecified atom stereocenters. The molecule has 0 saturated carbocycles. The Hall–Kier alpha value is -2.04. The lowest BCUT2D eigenvalue weighted by molar-refractivity contribution is -0.139. The number of allylic oxidation sites excluding steroid dienone is 4. The van der Waals surface area contributed by atoms with Crippen molar-refractivity contribution in [3.63, 3.8) is 0 Å². The number of rotatable bonds is 4. The first-order valence-corrected chi connectivity index (χ1v) is 7.88. The molecule has 0 aliphatic heterocycles. The van der Waals surface area contributed by atoms with Crippen molar-refractivity contribution in [1.29, 1.82) is 0 Å². The molecule has 2 N–H and O–H groups in total. The number of carbonyl (C=O) groups is 2. The normalized spacial score (nSPS) is 18.3. The van der Waals surface area contributed by atoms with Crippen molar-refractivity contribution in [2.45, 2.75) is 59.6 Å². The van der Waals surface area contributed by atoms with Gasteiger partial charge in [-0.1, -0.05) is 45.6 Å². The van der Waals surface area contributed by atoms with Gasteiger partial charge in [0, 0.05) is 6.42 Å². The Morgan fingerprint density at radius 1 is 1.39 bits per heavy atom. The van der Waals surface area contributed by atoms with E-state index in [-0.39, 0.29) is 12.3 Å². The zero-order valence-corrected chi connectivity index (χ0v) is 15.0. The summed E-state index contributed by atoms with van der Waals surface area (Å²) in [6, 6.07) is -1.03. The van der Waals surface area contributed by atoms with Crippen LogP contribution in [0.4, 0.5) is 4.79 Å². The van der Waals surface area contributed by atoms with Gasteiger partial charge in [0.05, 0.1) is 0 Å². The number of hydrogen-bond acceptors (Lipinski definition) is 3. The van der Waals surface area contributed by atoms with Gasteiger partial charge >= 0.3 is 12.1 Å². The van der Waals surface area contributed by atoms with Crippen LogP contribution in [0.25, 0.3) is 0 Å². The monoisotopic (exact) mass is 323 g/mol. The molecule has 0 fully saturated rings. The van der Waals surface area contributed by atoms with E-state index < -0.39 is 23.7 Å². The molecule has 0 aromatic rings. The molecule has 1 amide bonds. The summed E-state index contributed by atoms with van der Waals surface area (Å²) in [5.41, 5.74) is 1.08. The van der Waals surface area contributed by atoms with Crippen molar-refractivity contribution in [3.05, 3.63) is 36.0 Å². The lowest BCUT2D eigenvalue weighted by Gasteiger charge is -2.23. The predicted molar refractivity (Wildman–Crippen MR) is 92.3 cm³/mol. The highest BCUT2D eigenvalue weighted by Crippen LogP contribution is 2.23. The highest BCUT2D eigenvalue weighted by Gasteiger charge is 2.25. The molecular formula is C18H29NO4. The number of carboxylic acid groups (broad SMARTS) is 1. The van der Waals surface area contributed by atoms with Crippen molar-refractivity contribution in [1.82, 2.24) is 5.32 Å². The number of carboxylic acids is 1. The lowest BCUT2D eigenvalue weighted by atomic mass is 9.91. The van der Waals surface area contributed by atoms with E-state index in [0.29, 0.717) is 0 Å². The third-order valence-electron chi connectivity index (χ3n) is 2.98. The number of nitrogens with one attached hydrogen (secondary N) is 1. The van der Waals surface area contributed by atoms with Gasteiger partial charge in [-0.3, -0.25) is 0 Å². The molecule has 5 heteroatoms. The van der Waals surface area contributed by atoms with E-state index >= 15 is 0 Å². The van der Waals surface area contributed by atoms with Crippen LogP contribution in [0.2, 0.25) is 0 Å². The topological polar surface area (TPSA) is 75.6 Å². The fraction of sp³-hybridized carbons (Fsp3) is 0.556. The lowest BCUT2D eigenvalue weighted by Crippen LogP contribution is -2.43. The van der Waals surface area contributed by atoms with Crippen molar-refractivity contribution < 1.29 is 19.4 Å². The molecule has 0 saturated heterocycles. The van der Waals surface area contributed by atoms with Crippen molar-refractivity contribution >= 4 is 12.1 Å². The van der Waals surface area contributed by atoms with Crippen LogP contribution in [-0.2, 0) is 9.53 Å². The van der Waals surface area contributed by atoms with Gasteiger partial charge in [0.25, 0.3) is 0 Å². The molecule has 0 aromatic heterocycles.